The predicted molar refractivity (Wildman–Crippen MR) is 246 cm³/mol. The number of hydrogen-bond acceptors (Lipinski definition) is 11. The summed E-state index contributed by atoms with van der Waals surface area (Å²) >= 11 is 0. The summed E-state index contributed by atoms with van der Waals surface area (Å²) in [5.74, 6) is 1.80. The molecule has 372 valence electrons. The third kappa shape index (κ3) is 11.3. The number of piperazine rings is 1. The SMILES string of the molecule is CCCCC/C=C\[C@@H]1C#C[C@]1(NC(=O)[C@@H]1C[C@]2(CCc3c(c(C(F)(F)F)nc4ccc(OCCC[NH+]5CCN(C)CC5)cc34)O2)CN1C(=O)CNC(=O)OCC(C)C)C(=O)NS(=O)(=O)C1(C)CC1. The number of alkyl halides is 3. The number of nitrogens with one attached hydrogen (secondary N) is 4. The van der Waals surface area contributed by atoms with E-state index in [1.807, 2.05) is 19.9 Å². The predicted octanol–water partition coefficient (Wildman–Crippen LogP) is 3.52. The number of aromatic nitrogens is 1. The van der Waals surface area contributed by atoms with Gasteiger partial charge in [0.2, 0.25) is 21.8 Å². The Morgan fingerprint density at radius 1 is 1.10 bits per heavy atom. The summed E-state index contributed by atoms with van der Waals surface area (Å²) < 4.78 is 90.3. The van der Waals surface area contributed by atoms with Crippen LogP contribution in [0.2, 0.25) is 0 Å². The molecule has 4 heterocycles. The van der Waals surface area contributed by atoms with Crippen molar-refractivity contribution in [3.8, 4) is 23.3 Å². The van der Waals surface area contributed by atoms with Crippen LogP contribution in [0.25, 0.3) is 10.9 Å². The highest BCUT2D eigenvalue weighted by Crippen LogP contribution is 2.49. The smallest absolute Gasteiger partial charge is 0.437 e. The van der Waals surface area contributed by atoms with E-state index in [1.54, 1.807) is 18.2 Å². The van der Waals surface area contributed by atoms with E-state index in [-0.39, 0.29) is 49.4 Å². The highest BCUT2D eigenvalue weighted by atomic mass is 32.2. The van der Waals surface area contributed by atoms with Gasteiger partial charge in [0.1, 0.15) is 23.9 Å². The van der Waals surface area contributed by atoms with Crippen LogP contribution >= 0.6 is 0 Å². The van der Waals surface area contributed by atoms with E-state index in [4.69, 9.17) is 14.2 Å². The van der Waals surface area contributed by atoms with Crippen molar-refractivity contribution in [1.29, 1.82) is 0 Å². The van der Waals surface area contributed by atoms with Crippen molar-refractivity contribution in [3.05, 3.63) is 41.6 Å². The van der Waals surface area contributed by atoms with Crippen molar-refractivity contribution in [2.45, 2.75) is 120 Å². The molecule has 0 radical (unpaired) electrons. The number of likely N-dealkylation sites (N-methyl/N-ethyl adjacent to an activating group) is 1. The number of rotatable bonds is 19. The molecule has 2 aliphatic carbocycles. The molecule has 68 heavy (non-hydrogen) atoms. The van der Waals surface area contributed by atoms with E-state index in [0.29, 0.717) is 37.0 Å². The van der Waals surface area contributed by atoms with Gasteiger partial charge in [-0.25, -0.2) is 22.9 Å². The molecule has 4 N–H and O–H groups in total. The van der Waals surface area contributed by atoms with E-state index < -0.39 is 85.8 Å². The lowest BCUT2D eigenvalue weighted by Crippen LogP contribution is -3.14. The maximum Gasteiger partial charge on any atom is 0.437 e. The fourth-order valence-electron chi connectivity index (χ4n) is 9.14. The van der Waals surface area contributed by atoms with E-state index >= 15 is 0 Å². The first kappa shape index (κ1) is 50.7. The second-order valence-corrected chi connectivity index (χ2v) is 21.9. The lowest BCUT2D eigenvalue weighted by atomic mass is 9.75. The molecule has 20 heteroatoms. The number of carbonyl (C=O) groups is 4. The zero-order valence-corrected chi connectivity index (χ0v) is 40.4. The maximum atomic E-state index is 15.0. The Morgan fingerprint density at radius 2 is 1.85 bits per heavy atom. The second kappa shape index (κ2) is 20.5. The second-order valence-electron chi connectivity index (χ2n) is 19.7. The number of likely N-dealkylation sites (tertiary alicyclic amines) is 1. The number of unbranched alkanes of at least 4 members (excludes halogenated alkanes) is 3. The Bertz CT molecular complexity index is 2450. The van der Waals surface area contributed by atoms with Crippen LogP contribution in [0.3, 0.4) is 0 Å². The number of hydrogen-bond donors (Lipinski definition) is 4. The lowest BCUT2D eigenvalue weighted by molar-refractivity contribution is -0.904. The van der Waals surface area contributed by atoms with Crippen LogP contribution in [0.15, 0.2) is 30.4 Å². The molecule has 4 atom stereocenters. The highest BCUT2D eigenvalue weighted by molar-refractivity contribution is 7.91. The Hall–Kier alpha value is -5.13. The minimum Gasteiger partial charge on any atom is -0.493 e. The molecule has 7 rings (SSSR count). The molecule has 1 spiro atoms. The molecular formula is C48H65F3N7O9S+. The first-order valence-corrected chi connectivity index (χ1v) is 25.3. The van der Waals surface area contributed by atoms with Gasteiger partial charge < -0.3 is 34.6 Å². The molecule has 2 saturated heterocycles. The Kier molecular flexibility index (Phi) is 15.3. The van der Waals surface area contributed by atoms with Crippen molar-refractivity contribution < 1.29 is 59.9 Å². The van der Waals surface area contributed by atoms with E-state index in [9.17, 15) is 40.8 Å². The maximum absolute atomic E-state index is 15.0. The number of quaternary nitrogens is 1. The molecule has 16 nitrogen and oxygen atoms in total. The Balaban J connectivity index is 1.17. The van der Waals surface area contributed by atoms with Crippen LogP contribution in [0.1, 0.15) is 96.7 Å². The summed E-state index contributed by atoms with van der Waals surface area (Å²) in [5.41, 5.74) is -4.56. The number of fused-ring (bicyclic) bond motifs is 3. The van der Waals surface area contributed by atoms with Gasteiger partial charge in [-0.2, -0.15) is 13.2 Å². The van der Waals surface area contributed by atoms with Crippen molar-refractivity contribution in [1.82, 2.24) is 30.1 Å². The van der Waals surface area contributed by atoms with Crippen molar-refractivity contribution in [3.63, 3.8) is 0 Å². The average molecular weight is 973 g/mol. The zero-order valence-electron chi connectivity index (χ0n) is 39.6. The summed E-state index contributed by atoms with van der Waals surface area (Å²) in [6.07, 6.45) is 2.27. The largest absolute Gasteiger partial charge is 0.493 e. The Morgan fingerprint density at radius 3 is 2.51 bits per heavy atom. The molecule has 2 aromatic rings. The van der Waals surface area contributed by atoms with Crippen molar-refractivity contribution in [2.24, 2.45) is 11.8 Å². The number of amides is 4. The first-order chi connectivity index (χ1) is 32.2. The number of ether oxygens (including phenoxy) is 3. The molecule has 1 saturated carbocycles. The van der Waals surface area contributed by atoms with Gasteiger partial charge in [0.05, 0.1) is 55.6 Å². The Labute approximate surface area is 396 Å². The minimum absolute atomic E-state index is 0.00378. The summed E-state index contributed by atoms with van der Waals surface area (Å²) in [6.45, 7) is 11.8. The number of aryl methyl sites for hydroxylation is 1. The van der Waals surface area contributed by atoms with Crippen molar-refractivity contribution >= 4 is 44.7 Å². The van der Waals surface area contributed by atoms with Crippen LogP contribution < -0.4 is 29.7 Å². The molecule has 0 unspecified atom stereocenters. The number of benzene rings is 1. The quantitative estimate of drug-likeness (QED) is 0.0917. The summed E-state index contributed by atoms with van der Waals surface area (Å²) in [7, 11) is -2.09. The minimum atomic E-state index is -4.96. The number of alkyl carbamates (subject to hydrolysis) is 1. The molecule has 1 aromatic carbocycles. The lowest BCUT2D eigenvalue weighted by Gasteiger charge is -2.38. The van der Waals surface area contributed by atoms with Crippen LogP contribution in [0.5, 0.6) is 11.5 Å². The molecular weight excluding hydrogens is 908 g/mol. The highest BCUT2D eigenvalue weighted by Gasteiger charge is 2.58. The number of halogens is 3. The van der Waals surface area contributed by atoms with E-state index in [1.165, 1.54) is 17.9 Å². The van der Waals surface area contributed by atoms with Crippen LogP contribution in [0.4, 0.5) is 18.0 Å². The van der Waals surface area contributed by atoms with Gasteiger partial charge in [-0.15, -0.1) is 0 Å². The summed E-state index contributed by atoms with van der Waals surface area (Å²) in [4.78, 5) is 64.5. The zero-order chi connectivity index (χ0) is 49.1. The fraction of sp³-hybridized carbons (Fsp3) is 0.646. The van der Waals surface area contributed by atoms with Gasteiger partial charge in [0.15, 0.2) is 17.0 Å². The van der Waals surface area contributed by atoms with Gasteiger partial charge in [-0.05, 0) is 76.6 Å². The number of sulfonamides is 1. The third-order valence-electron chi connectivity index (χ3n) is 13.7. The first-order valence-electron chi connectivity index (χ1n) is 23.8. The van der Waals surface area contributed by atoms with Gasteiger partial charge in [0, 0.05) is 36.9 Å². The molecule has 1 aromatic heterocycles. The van der Waals surface area contributed by atoms with Crippen LogP contribution in [0, 0.1) is 23.7 Å². The van der Waals surface area contributed by atoms with Crippen LogP contribution in [-0.2, 0) is 41.7 Å². The number of allylic oxidation sites excluding steroid dienone is 1. The van der Waals surface area contributed by atoms with E-state index in [2.05, 4.69) is 51.1 Å². The topological polar surface area (TPSA) is 190 Å². The molecule has 0 bridgehead atoms. The average Bonchev–Trinajstić information content (AvgIpc) is 3.95. The molecule has 5 aliphatic rings. The molecule has 4 amide bonds. The fourth-order valence-corrected chi connectivity index (χ4v) is 10.4. The third-order valence-corrected chi connectivity index (χ3v) is 15.9. The van der Waals surface area contributed by atoms with Gasteiger partial charge in [-0.1, -0.05) is 57.6 Å². The van der Waals surface area contributed by atoms with Gasteiger partial charge in [-0.3, -0.25) is 19.3 Å². The molecule has 3 aliphatic heterocycles. The molecule has 3 fully saturated rings. The van der Waals surface area contributed by atoms with Crippen LogP contribution in [-0.4, -0.2) is 135 Å². The van der Waals surface area contributed by atoms with Gasteiger partial charge >= 0.3 is 12.3 Å². The number of pyridine rings is 1. The summed E-state index contributed by atoms with van der Waals surface area (Å²) in [6, 6.07) is 3.29. The summed E-state index contributed by atoms with van der Waals surface area (Å²) in [5, 5.41) is 5.49. The van der Waals surface area contributed by atoms with Gasteiger partial charge in [0.25, 0.3) is 5.91 Å². The number of nitrogens with zero attached hydrogens (tertiary/aromatic N) is 3. The monoisotopic (exact) mass is 972 g/mol. The number of carbonyl (C=O) groups excluding carboxylic acids is 4. The standard InChI is InChI=1S/C48H64F3N7O9S/c1-6-7-8-9-10-12-33-15-18-47(33,43(61)55-68(63,64)45(4)19-20-45)54-42(60)38-28-46(31-58(38)39(59)29-52-44(62)66-30-32(2)3)17-16-35-36-27-34(65-26-11-21-57-24-22-56(5)23-25-57)13-14-37(36)53-41(40(35)67-46)48(49,50)51/h10,12-14,27,32-33,38H,6-9,11,16-17,19-26,28-31H2,1-5H3,(H,52,62)(H,54,60)(H,55,61)/p+1/b12-10-/t33-,38+,46-,47-/m1/s1. The van der Waals surface area contributed by atoms with E-state index in [0.717, 1.165) is 63.3 Å². The van der Waals surface area contributed by atoms with Crippen molar-refractivity contribution in [2.75, 3.05) is 66.1 Å². The normalized spacial score (nSPS) is 24.5.